The summed E-state index contributed by atoms with van der Waals surface area (Å²) in [7, 11) is 0. The van der Waals surface area contributed by atoms with Gasteiger partial charge in [0.15, 0.2) is 0 Å². The highest BCUT2D eigenvalue weighted by molar-refractivity contribution is 6.04. The molecule has 2 heterocycles. The third-order valence-corrected chi connectivity index (χ3v) is 8.84. The molecular formula is C40H38N2O6. The molecule has 0 spiro atoms. The van der Waals surface area contributed by atoms with E-state index in [1.54, 1.807) is 6.08 Å². The Bertz CT molecular complexity index is 1740. The predicted octanol–water partition coefficient (Wildman–Crippen LogP) is 6.58. The summed E-state index contributed by atoms with van der Waals surface area (Å²) in [5.41, 5.74) is 4.19. The molecule has 0 aromatic heterocycles. The van der Waals surface area contributed by atoms with Crippen LogP contribution >= 0.6 is 0 Å². The second-order valence-electron chi connectivity index (χ2n) is 12.2. The molecule has 0 aliphatic carbocycles. The zero-order chi connectivity index (χ0) is 33.3. The molecular weight excluding hydrogens is 604 g/mol. The molecule has 2 saturated heterocycles. The monoisotopic (exact) mass is 642 g/mol. The number of ether oxygens (including phenoxy) is 2. The predicted molar refractivity (Wildman–Crippen MR) is 181 cm³/mol. The number of nitrogens with zero attached hydrogens (tertiary/aromatic N) is 2. The number of imide groups is 2. The van der Waals surface area contributed by atoms with E-state index in [4.69, 9.17) is 9.47 Å². The Morgan fingerprint density at radius 3 is 1.58 bits per heavy atom. The highest BCUT2D eigenvalue weighted by Crippen LogP contribution is 2.27. The average Bonchev–Trinajstić information content (AvgIpc) is 3.67. The molecule has 4 aromatic carbocycles. The average molecular weight is 643 g/mol. The van der Waals surface area contributed by atoms with Crippen LogP contribution in [0.3, 0.4) is 0 Å². The van der Waals surface area contributed by atoms with Gasteiger partial charge < -0.3 is 9.47 Å². The number of hydrogen-bond donors (Lipinski definition) is 0. The third-order valence-electron chi connectivity index (χ3n) is 8.84. The van der Waals surface area contributed by atoms with E-state index in [2.05, 4.69) is 0 Å². The Balaban J connectivity index is 1.30. The van der Waals surface area contributed by atoms with Gasteiger partial charge in [-0.05, 0) is 47.9 Å². The van der Waals surface area contributed by atoms with E-state index in [9.17, 15) is 19.2 Å². The quantitative estimate of drug-likeness (QED) is 0.162. The summed E-state index contributed by atoms with van der Waals surface area (Å²) >= 11 is 0. The van der Waals surface area contributed by atoms with Crippen LogP contribution < -0.4 is 0 Å². The Hall–Kier alpha value is -5.50. The lowest BCUT2D eigenvalue weighted by Gasteiger charge is -2.25. The number of cyclic esters (lactones) is 2. The molecule has 2 aliphatic rings. The summed E-state index contributed by atoms with van der Waals surface area (Å²) in [6.45, 7) is 0.220. The molecule has 0 bridgehead atoms. The normalized spacial score (nSPS) is 18.4. The van der Waals surface area contributed by atoms with Crippen molar-refractivity contribution < 1.29 is 28.7 Å². The van der Waals surface area contributed by atoms with E-state index in [1.165, 1.54) is 9.80 Å². The van der Waals surface area contributed by atoms with E-state index in [0.717, 1.165) is 22.3 Å². The first-order valence-electron chi connectivity index (χ1n) is 16.3. The van der Waals surface area contributed by atoms with Crippen molar-refractivity contribution >= 4 is 24.0 Å². The van der Waals surface area contributed by atoms with E-state index in [-0.39, 0.29) is 32.0 Å². The summed E-state index contributed by atoms with van der Waals surface area (Å²) < 4.78 is 10.8. The highest BCUT2D eigenvalue weighted by atomic mass is 16.6. The molecule has 2 aliphatic heterocycles. The molecule has 3 atom stereocenters. The van der Waals surface area contributed by atoms with E-state index in [0.29, 0.717) is 24.8 Å². The second-order valence-corrected chi connectivity index (χ2v) is 12.2. The number of benzene rings is 4. The molecule has 6 rings (SSSR count). The van der Waals surface area contributed by atoms with Gasteiger partial charge in [0.1, 0.15) is 13.2 Å². The van der Waals surface area contributed by atoms with Crippen LogP contribution in [0.25, 0.3) is 0 Å². The van der Waals surface area contributed by atoms with Gasteiger partial charge in [0, 0.05) is 17.9 Å². The molecule has 244 valence electrons. The molecule has 48 heavy (non-hydrogen) atoms. The number of hydrogen-bond acceptors (Lipinski definition) is 6. The van der Waals surface area contributed by atoms with E-state index in [1.807, 2.05) is 121 Å². The second kappa shape index (κ2) is 15.4. The van der Waals surface area contributed by atoms with Crippen LogP contribution in [-0.4, -0.2) is 59.1 Å². The summed E-state index contributed by atoms with van der Waals surface area (Å²) in [5.74, 6) is -1.47. The number of carbonyl (C=O) groups excluding carboxylic acids is 4. The van der Waals surface area contributed by atoms with Crippen LogP contribution in [0.2, 0.25) is 0 Å². The molecule has 3 unspecified atom stereocenters. The van der Waals surface area contributed by atoms with Crippen molar-refractivity contribution in [2.24, 2.45) is 5.92 Å². The molecule has 0 radical (unpaired) electrons. The number of amides is 4. The Labute approximate surface area is 280 Å². The van der Waals surface area contributed by atoms with Gasteiger partial charge in [-0.1, -0.05) is 127 Å². The zero-order valence-electron chi connectivity index (χ0n) is 26.7. The molecule has 4 amide bonds. The molecule has 2 fully saturated rings. The third kappa shape index (κ3) is 7.89. The van der Waals surface area contributed by atoms with Crippen LogP contribution in [0, 0.1) is 5.92 Å². The molecule has 8 heteroatoms. The fraction of sp³-hybridized carbons (Fsp3) is 0.250. The van der Waals surface area contributed by atoms with Gasteiger partial charge in [0.25, 0.3) is 5.91 Å². The van der Waals surface area contributed by atoms with E-state index >= 15 is 0 Å². The Morgan fingerprint density at radius 1 is 0.625 bits per heavy atom. The number of rotatable bonds is 12. The van der Waals surface area contributed by atoms with Crippen molar-refractivity contribution in [3.8, 4) is 0 Å². The van der Waals surface area contributed by atoms with Gasteiger partial charge >= 0.3 is 12.2 Å². The lowest BCUT2D eigenvalue weighted by Crippen LogP contribution is -2.44. The fourth-order valence-corrected chi connectivity index (χ4v) is 6.37. The van der Waals surface area contributed by atoms with Gasteiger partial charge in [-0.3, -0.25) is 9.59 Å². The summed E-state index contributed by atoms with van der Waals surface area (Å²) in [6.07, 6.45) is 2.15. The maximum absolute atomic E-state index is 14.3. The molecule has 0 N–H and O–H groups in total. The topological polar surface area (TPSA) is 93.2 Å². The minimum atomic E-state index is -0.680. The highest BCUT2D eigenvalue weighted by Gasteiger charge is 2.42. The van der Waals surface area contributed by atoms with Gasteiger partial charge in [-0.25, -0.2) is 19.4 Å². The molecule has 0 saturated carbocycles. The van der Waals surface area contributed by atoms with Crippen molar-refractivity contribution in [3.63, 3.8) is 0 Å². The summed E-state index contributed by atoms with van der Waals surface area (Å²) in [6, 6.07) is 37.6. The van der Waals surface area contributed by atoms with Crippen molar-refractivity contribution in [1.82, 2.24) is 9.80 Å². The molecule has 8 nitrogen and oxygen atoms in total. The van der Waals surface area contributed by atoms with Crippen molar-refractivity contribution in [2.45, 2.75) is 44.2 Å². The van der Waals surface area contributed by atoms with E-state index < -0.39 is 36.1 Å². The van der Waals surface area contributed by atoms with Gasteiger partial charge in [0.2, 0.25) is 5.91 Å². The first kappa shape index (κ1) is 32.4. The first-order valence-corrected chi connectivity index (χ1v) is 16.3. The lowest BCUT2D eigenvalue weighted by molar-refractivity contribution is -0.133. The zero-order valence-corrected chi connectivity index (χ0v) is 26.7. The standard InChI is InChI=1S/C40H38N2O6/c43-37(41-35(27-47-39(41)45)25-31-17-9-3-10-18-31)33(23-29-13-5-1-6-14-29)21-22-34(24-30-15-7-2-8-16-30)38(44)42-36(28-48-40(42)46)26-32-19-11-4-12-20-32/h1-21,34-36H,22-28H2/b33-21+. The number of allylic oxidation sites excluding steroid dienone is 1. The first-order chi connectivity index (χ1) is 23.5. The van der Waals surface area contributed by atoms with Crippen LogP contribution in [0.1, 0.15) is 28.7 Å². The Morgan fingerprint density at radius 2 is 1.06 bits per heavy atom. The van der Waals surface area contributed by atoms with Crippen molar-refractivity contribution in [3.05, 3.63) is 155 Å². The lowest BCUT2D eigenvalue weighted by atomic mass is 9.91. The van der Waals surface area contributed by atoms with Crippen molar-refractivity contribution in [2.75, 3.05) is 13.2 Å². The van der Waals surface area contributed by atoms with Crippen LogP contribution in [0.15, 0.2) is 133 Å². The minimum Gasteiger partial charge on any atom is -0.447 e. The number of carbonyl (C=O) groups is 4. The van der Waals surface area contributed by atoms with Gasteiger partial charge in [-0.2, -0.15) is 0 Å². The van der Waals surface area contributed by atoms with Crippen LogP contribution in [-0.2, 0) is 44.7 Å². The minimum absolute atomic E-state index is 0.104. The smallest absolute Gasteiger partial charge is 0.417 e. The largest absolute Gasteiger partial charge is 0.447 e. The van der Waals surface area contributed by atoms with Crippen molar-refractivity contribution in [1.29, 1.82) is 0 Å². The molecule has 4 aromatic rings. The maximum Gasteiger partial charge on any atom is 0.417 e. The van der Waals surface area contributed by atoms with Crippen LogP contribution in [0.4, 0.5) is 9.59 Å². The van der Waals surface area contributed by atoms with Gasteiger partial charge in [0.05, 0.1) is 12.1 Å². The fourth-order valence-electron chi connectivity index (χ4n) is 6.37. The summed E-state index contributed by atoms with van der Waals surface area (Å²) in [5, 5.41) is 0. The van der Waals surface area contributed by atoms with Crippen LogP contribution in [0.5, 0.6) is 0 Å². The Kier molecular flexibility index (Phi) is 10.4. The summed E-state index contributed by atoms with van der Waals surface area (Å²) in [4.78, 5) is 57.0. The SMILES string of the molecule is O=C1OCC(Cc2ccccc2)N1C(=O)/C(=C/CC(Cc1ccccc1)C(=O)N1C(=O)OCC1Cc1ccccc1)Cc1ccccc1. The van der Waals surface area contributed by atoms with Gasteiger partial charge in [-0.15, -0.1) is 0 Å². The maximum atomic E-state index is 14.3.